The van der Waals surface area contributed by atoms with Crippen molar-refractivity contribution in [1.82, 2.24) is 15.1 Å². The number of rotatable bonds is 4. The molecule has 0 spiro atoms. The zero-order chi connectivity index (χ0) is 13.9. The second-order valence-electron chi connectivity index (χ2n) is 3.57. The van der Waals surface area contributed by atoms with Crippen molar-refractivity contribution in [3.8, 4) is 11.6 Å². The van der Waals surface area contributed by atoms with Gasteiger partial charge in [0.15, 0.2) is 5.82 Å². The molecule has 0 bridgehead atoms. The molecular weight excluding hydrogens is 265 g/mol. The lowest BCUT2D eigenvalue weighted by Crippen LogP contribution is -2.16. The van der Waals surface area contributed by atoms with E-state index < -0.39 is 19.4 Å². The van der Waals surface area contributed by atoms with E-state index in [4.69, 9.17) is 10.3 Å². The highest BCUT2D eigenvalue weighted by atomic mass is 19.4. The molecule has 2 N–H and O–H groups in total. The fourth-order valence-electron chi connectivity index (χ4n) is 1.25. The van der Waals surface area contributed by atoms with Gasteiger partial charge in [-0.15, -0.1) is 0 Å². The highest BCUT2D eigenvalue weighted by Gasteiger charge is 2.27. The van der Waals surface area contributed by atoms with Gasteiger partial charge in [-0.3, -0.25) is 0 Å². The zero-order valence-electron chi connectivity index (χ0n) is 9.52. The molecule has 2 aromatic rings. The standard InChI is InChI=1S/C10H9F3N4O2/c11-10(12,13)5-18-4-8-16-9(19-17-8)6-2-1-3-7(14)15-6/h1-3H,4-5H2,(H2,14,15). The fourth-order valence-corrected chi connectivity index (χ4v) is 1.25. The Labute approximate surface area is 105 Å². The number of nitrogens with two attached hydrogens (primary N) is 1. The third kappa shape index (κ3) is 3.91. The first-order valence-corrected chi connectivity index (χ1v) is 5.14. The maximum Gasteiger partial charge on any atom is 0.411 e. The van der Waals surface area contributed by atoms with Crippen LogP contribution in [-0.2, 0) is 11.3 Å². The third-order valence-corrected chi connectivity index (χ3v) is 1.95. The van der Waals surface area contributed by atoms with Crippen molar-refractivity contribution in [3.63, 3.8) is 0 Å². The van der Waals surface area contributed by atoms with Crippen LogP contribution in [-0.4, -0.2) is 27.9 Å². The van der Waals surface area contributed by atoms with Crippen LogP contribution in [0.25, 0.3) is 11.6 Å². The molecular formula is C10H9F3N4O2. The van der Waals surface area contributed by atoms with Crippen molar-refractivity contribution in [2.75, 3.05) is 12.3 Å². The van der Waals surface area contributed by atoms with Gasteiger partial charge in [0, 0.05) is 0 Å². The molecule has 0 aromatic carbocycles. The van der Waals surface area contributed by atoms with Crippen LogP contribution in [0.4, 0.5) is 19.0 Å². The van der Waals surface area contributed by atoms with Gasteiger partial charge in [-0.1, -0.05) is 11.2 Å². The SMILES string of the molecule is Nc1cccc(-c2nc(COCC(F)(F)F)no2)n1. The van der Waals surface area contributed by atoms with E-state index in [1.807, 2.05) is 0 Å². The smallest absolute Gasteiger partial charge is 0.384 e. The van der Waals surface area contributed by atoms with E-state index in [-0.39, 0.29) is 17.5 Å². The summed E-state index contributed by atoms with van der Waals surface area (Å²) in [5, 5.41) is 3.48. The minimum Gasteiger partial charge on any atom is -0.384 e. The molecule has 19 heavy (non-hydrogen) atoms. The molecule has 0 amide bonds. The number of aromatic nitrogens is 3. The zero-order valence-corrected chi connectivity index (χ0v) is 9.52. The molecule has 0 aliphatic rings. The number of hydrogen-bond donors (Lipinski definition) is 1. The van der Waals surface area contributed by atoms with E-state index in [9.17, 15) is 13.2 Å². The van der Waals surface area contributed by atoms with Gasteiger partial charge in [-0.2, -0.15) is 18.2 Å². The Hall–Kier alpha value is -2.16. The van der Waals surface area contributed by atoms with E-state index in [1.165, 1.54) is 0 Å². The summed E-state index contributed by atoms with van der Waals surface area (Å²) in [5.74, 6) is 0.340. The first kappa shape index (κ1) is 13.3. The molecule has 0 aliphatic carbocycles. The molecule has 0 radical (unpaired) electrons. The van der Waals surface area contributed by atoms with Crippen molar-refractivity contribution in [3.05, 3.63) is 24.0 Å². The number of halogens is 3. The second-order valence-corrected chi connectivity index (χ2v) is 3.57. The number of alkyl halides is 3. The maximum atomic E-state index is 11.9. The summed E-state index contributed by atoms with van der Waals surface area (Å²) in [4.78, 5) is 7.79. The van der Waals surface area contributed by atoms with Gasteiger partial charge in [-0.05, 0) is 12.1 Å². The summed E-state index contributed by atoms with van der Waals surface area (Å²) in [6, 6.07) is 4.80. The van der Waals surface area contributed by atoms with E-state index in [0.717, 1.165) is 0 Å². The highest BCUT2D eigenvalue weighted by Crippen LogP contribution is 2.17. The Morgan fingerprint density at radius 3 is 2.74 bits per heavy atom. The summed E-state index contributed by atoms with van der Waals surface area (Å²) in [6.07, 6.45) is -4.39. The second kappa shape index (κ2) is 5.22. The molecule has 9 heteroatoms. The van der Waals surface area contributed by atoms with Crippen LogP contribution < -0.4 is 5.73 Å². The predicted molar refractivity (Wildman–Crippen MR) is 57.7 cm³/mol. The van der Waals surface area contributed by atoms with Crippen LogP contribution in [0.5, 0.6) is 0 Å². The summed E-state index contributed by atoms with van der Waals surface area (Å²) in [5.41, 5.74) is 5.82. The van der Waals surface area contributed by atoms with Gasteiger partial charge in [0.05, 0.1) is 0 Å². The van der Waals surface area contributed by atoms with E-state index in [2.05, 4.69) is 19.9 Å². The monoisotopic (exact) mass is 274 g/mol. The lowest BCUT2D eigenvalue weighted by Gasteiger charge is -2.04. The van der Waals surface area contributed by atoms with Crippen LogP contribution in [0, 0.1) is 0 Å². The molecule has 0 atom stereocenters. The van der Waals surface area contributed by atoms with Crippen molar-refractivity contribution in [2.24, 2.45) is 0 Å². The van der Waals surface area contributed by atoms with Crippen LogP contribution >= 0.6 is 0 Å². The van der Waals surface area contributed by atoms with E-state index >= 15 is 0 Å². The minimum absolute atomic E-state index is 0.00322. The Bertz CT molecular complexity index is 556. The number of ether oxygens (including phenoxy) is 1. The average molecular weight is 274 g/mol. The first-order chi connectivity index (χ1) is 8.94. The molecule has 2 rings (SSSR count). The maximum absolute atomic E-state index is 11.9. The van der Waals surface area contributed by atoms with Crippen molar-refractivity contribution >= 4 is 5.82 Å². The lowest BCUT2D eigenvalue weighted by molar-refractivity contribution is -0.177. The van der Waals surface area contributed by atoms with Crippen LogP contribution in [0.1, 0.15) is 5.82 Å². The van der Waals surface area contributed by atoms with Crippen molar-refractivity contribution in [2.45, 2.75) is 12.8 Å². The van der Waals surface area contributed by atoms with Crippen molar-refractivity contribution in [1.29, 1.82) is 0 Å². The molecule has 2 aromatic heterocycles. The Morgan fingerprint density at radius 1 is 1.26 bits per heavy atom. The van der Waals surface area contributed by atoms with Crippen LogP contribution in [0.2, 0.25) is 0 Å². The first-order valence-electron chi connectivity index (χ1n) is 5.14. The molecule has 2 heterocycles. The Kier molecular flexibility index (Phi) is 3.65. The predicted octanol–water partition coefficient (Wildman–Crippen LogP) is 1.79. The molecule has 102 valence electrons. The van der Waals surface area contributed by atoms with Gasteiger partial charge in [0.2, 0.25) is 0 Å². The van der Waals surface area contributed by atoms with Gasteiger partial charge in [-0.25, -0.2) is 4.98 Å². The fraction of sp³-hybridized carbons (Fsp3) is 0.300. The molecule has 0 unspecified atom stereocenters. The Balaban J connectivity index is 1.99. The molecule has 0 saturated heterocycles. The van der Waals surface area contributed by atoms with Crippen LogP contribution in [0.3, 0.4) is 0 Å². The number of nitrogens with zero attached hydrogens (tertiary/aromatic N) is 3. The largest absolute Gasteiger partial charge is 0.411 e. The van der Waals surface area contributed by atoms with Crippen LogP contribution in [0.15, 0.2) is 22.7 Å². The number of nitrogen functional groups attached to an aromatic ring is 1. The molecule has 0 aliphatic heterocycles. The van der Waals surface area contributed by atoms with E-state index in [0.29, 0.717) is 5.69 Å². The summed E-state index contributed by atoms with van der Waals surface area (Å²) < 4.78 is 44.8. The third-order valence-electron chi connectivity index (χ3n) is 1.95. The molecule has 0 saturated carbocycles. The summed E-state index contributed by atoms with van der Waals surface area (Å²) in [6.45, 7) is -1.77. The number of hydrogen-bond acceptors (Lipinski definition) is 6. The topological polar surface area (TPSA) is 87.1 Å². The quantitative estimate of drug-likeness (QED) is 0.914. The highest BCUT2D eigenvalue weighted by molar-refractivity contribution is 5.49. The summed E-state index contributed by atoms with van der Waals surface area (Å²) in [7, 11) is 0. The lowest BCUT2D eigenvalue weighted by atomic mass is 10.3. The summed E-state index contributed by atoms with van der Waals surface area (Å²) >= 11 is 0. The Morgan fingerprint density at radius 2 is 2.05 bits per heavy atom. The van der Waals surface area contributed by atoms with Gasteiger partial charge in [0.25, 0.3) is 5.89 Å². The number of anilines is 1. The molecule has 6 nitrogen and oxygen atoms in total. The van der Waals surface area contributed by atoms with Gasteiger partial charge < -0.3 is 15.0 Å². The van der Waals surface area contributed by atoms with Gasteiger partial charge >= 0.3 is 6.18 Å². The average Bonchev–Trinajstić information content (AvgIpc) is 2.76. The molecule has 0 fully saturated rings. The van der Waals surface area contributed by atoms with E-state index in [1.54, 1.807) is 18.2 Å². The normalized spacial score (nSPS) is 11.7. The number of pyridine rings is 1. The minimum atomic E-state index is -4.39. The van der Waals surface area contributed by atoms with Crippen molar-refractivity contribution < 1.29 is 22.4 Å². The van der Waals surface area contributed by atoms with Gasteiger partial charge in [0.1, 0.15) is 24.7 Å².